The van der Waals surface area contributed by atoms with Crippen molar-refractivity contribution in [2.75, 3.05) is 7.11 Å². The molecule has 0 aliphatic rings. The van der Waals surface area contributed by atoms with E-state index in [1.54, 1.807) is 0 Å². The number of hydrogen-bond acceptors (Lipinski definition) is 3. The van der Waals surface area contributed by atoms with Crippen LogP contribution in [0, 0.1) is 5.82 Å². The predicted molar refractivity (Wildman–Crippen MR) is 61.9 cm³/mol. The van der Waals surface area contributed by atoms with Crippen LogP contribution in [0.25, 0.3) is 0 Å². The molecule has 0 aromatic heterocycles. The number of halogens is 1. The summed E-state index contributed by atoms with van der Waals surface area (Å²) in [6.45, 7) is 1.35. The molecule has 1 unspecified atom stereocenters. The molecule has 0 radical (unpaired) electrons. The second-order valence-corrected chi connectivity index (χ2v) is 3.76. The lowest BCUT2D eigenvalue weighted by Gasteiger charge is -2.11. The molecule has 0 aliphatic carbocycles. The number of hydrogen-bond donors (Lipinski definition) is 2. The molecule has 1 amide bonds. The molecular weight excluding hydrogens is 241 g/mol. The van der Waals surface area contributed by atoms with Crippen LogP contribution >= 0.6 is 0 Å². The molecule has 0 heterocycles. The minimum atomic E-state index is -1.13. The Kier molecular flexibility index (Phi) is 4.65. The number of benzene rings is 1. The van der Waals surface area contributed by atoms with Gasteiger partial charge in [0.15, 0.2) is 0 Å². The van der Waals surface area contributed by atoms with Crippen molar-refractivity contribution in [2.45, 2.75) is 19.4 Å². The van der Waals surface area contributed by atoms with Crippen molar-refractivity contribution >= 4 is 11.9 Å². The Morgan fingerprint density at radius 1 is 1.50 bits per heavy atom. The van der Waals surface area contributed by atoms with Gasteiger partial charge in [-0.3, -0.25) is 9.59 Å². The molecule has 2 N–H and O–H groups in total. The molecule has 18 heavy (non-hydrogen) atoms. The summed E-state index contributed by atoms with van der Waals surface area (Å²) in [7, 11) is 1.41. The largest absolute Gasteiger partial charge is 0.496 e. The maximum atomic E-state index is 13.0. The molecule has 0 fully saturated rings. The minimum absolute atomic E-state index is 0.140. The second kappa shape index (κ2) is 6.00. The fourth-order valence-electron chi connectivity index (χ4n) is 1.41. The van der Waals surface area contributed by atoms with Crippen LogP contribution in [0.5, 0.6) is 5.75 Å². The quantitative estimate of drug-likeness (QED) is 0.822. The molecular formula is C12H14FNO4. The molecule has 1 aromatic carbocycles. The second-order valence-electron chi connectivity index (χ2n) is 3.76. The van der Waals surface area contributed by atoms with Crippen LogP contribution in [0.2, 0.25) is 0 Å². The zero-order valence-electron chi connectivity index (χ0n) is 10.1. The maximum absolute atomic E-state index is 13.0. The van der Waals surface area contributed by atoms with Gasteiger partial charge in [-0.2, -0.15) is 0 Å². The SMILES string of the molecule is COc1ccc(F)cc1CC(=O)NC(C)C(=O)O. The molecule has 5 nitrogen and oxygen atoms in total. The zero-order valence-corrected chi connectivity index (χ0v) is 10.1. The number of methoxy groups -OCH3 is 1. The summed E-state index contributed by atoms with van der Waals surface area (Å²) in [5.41, 5.74) is 0.368. The Balaban J connectivity index is 2.75. The van der Waals surface area contributed by atoms with E-state index in [2.05, 4.69) is 5.32 Å². The van der Waals surface area contributed by atoms with Crippen molar-refractivity contribution in [3.8, 4) is 5.75 Å². The Labute approximate surface area is 104 Å². The lowest BCUT2D eigenvalue weighted by Crippen LogP contribution is -2.39. The van der Waals surface area contributed by atoms with Crippen molar-refractivity contribution in [3.05, 3.63) is 29.6 Å². The van der Waals surface area contributed by atoms with Gasteiger partial charge >= 0.3 is 5.97 Å². The number of carboxylic acids is 1. The first-order valence-electron chi connectivity index (χ1n) is 5.28. The fraction of sp³-hybridized carbons (Fsp3) is 0.333. The van der Waals surface area contributed by atoms with Gasteiger partial charge < -0.3 is 15.2 Å². The van der Waals surface area contributed by atoms with Crippen LogP contribution in [-0.4, -0.2) is 30.1 Å². The number of ether oxygens (including phenoxy) is 1. The molecule has 6 heteroatoms. The number of nitrogens with one attached hydrogen (secondary N) is 1. The highest BCUT2D eigenvalue weighted by Crippen LogP contribution is 2.19. The number of rotatable bonds is 5. The third kappa shape index (κ3) is 3.73. The first-order chi connectivity index (χ1) is 8.43. The van der Waals surface area contributed by atoms with Crippen LogP contribution in [-0.2, 0) is 16.0 Å². The lowest BCUT2D eigenvalue weighted by molar-refractivity contribution is -0.141. The Bertz CT molecular complexity index is 461. The summed E-state index contributed by atoms with van der Waals surface area (Å²) in [6, 6.07) is 2.83. The molecule has 0 aliphatic heterocycles. The van der Waals surface area contributed by atoms with Crippen molar-refractivity contribution in [1.82, 2.24) is 5.32 Å². The highest BCUT2D eigenvalue weighted by molar-refractivity contribution is 5.84. The average Bonchev–Trinajstić information content (AvgIpc) is 2.28. The lowest BCUT2D eigenvalue weighted by atomic mass is 10.1. The smallest absolute Gasteiger partial charge is 0.325 e. The topological polar surface area (TPSA) is 75.6 Å². The number of aliphatic carboxylic acids is 1. The van der Waals surface area contributed by atoms with Crippen LogP contribution in [0.4, 0.5) is 4.39 Å². The highest BCUT2D eigenvalue weighted by Gasteiger charge is 2.16. The highest BCUT2D eigenvalue weighted by atomic mass is 19.1. The van der Waals surface area contributed by atoms with Gasteiger partial charge in [0.25, 0.3) is 0 Å². The van der Waals surface area contributed by atoms with E-state index >= 15 is 0 Å². The molecule has 0 spiro atoms. The van der Waals surface area contributed by atoms with Gasteiger partial charge in [-0.05, 0) is 25.1 Å². The van der Waals surface area contributed by atoms with Crippen LogP contribution in [0.3, 0.4) is 0 Å². The van der Waals surface area contributed by atoms with E-state index < -0.39 is 23.7 Å². The molecule has 1 rings (SSSR count). The molecule has 0 bridgehead atoms. The van der Waals surface area contributed by atoms with E-state index in [1.165, 1.54) is 32.2 Å². The van der Waals surface area contributed by atoms with E-state index in [4.69, 9.17) is 9.84 Å². The number of carbonyl (C=O) groups is 2. The third-order valence-corrected chi connectivity index (χ3v) is 2.34. The molecule has 1 aromatic rings. The molecule has 98 valence electrons. The van der Waals surface area contributed by atoms with E-state index in [-0.39, 0.29) is 6.42 Å². The first-order valence-corrected chi connectivity index (χ1v) is 5.28. The Morgan fingerprint density at radius 2 is 2.17 bits per heavy atom. The Hall–Kier alpha value is -2.11. The number of amides is 1. The van der Waals surface area contributed by atoms with Crippen molar-refractivity contribution in [1.29, 1.82) is 0 Å². The van der Waals surface area contributed by atoms with E-state index in [9.17, 15) is 14.0 Å². The maximum Gasteiger partial charge on any atom is 0.325 e. The third-order valence-electron chi connectivity index (χ3n) is 2.34. The van der Waals surface area contributed by atoms with Gasteiger partial charge in [-0.1, -0.05) is 0 Å². The van der Waals surface area contributed by atoms with Gasteiger partial charge in [0.2, 0.25) is 5.91 Å². The minimum Gasteiger partial charge on any atom is -0.496 e. The van der Waals surface area contributed by atoms with Gasteiger partial charge in [0.1, 0.15) is 17.6 Å². The van der Waals surface area contributed by atoms with Gasteiger partial charge in [-0.25, -0.2) is 4.39 Å². The summed E-state index contributed by atoms with van der Waals surface area (Å²) in [5.74, 6) is -1.73. The predicted octanol–water partition coefficient (Wildman–Crippen LogP) is 0.966. The Morgan fingerprint density at radius 3 is 2.72 bits per heavy atom. The monoisotopic (exact) mass is 255 g/mol. The molecule has 0 saturated heterocycles. The van der Waals surface area contributed by atoms with Crippen LogP contribution < -0.4 is 10.1 Å². The van der Waals surface area contributed by atoms with Crippen molar-refractivity contribution < 1.29 is 23.8 Å². The van der Waals surface area contributed by atoms with Gasteiger partial charge in [0, 0.05) is 5.56 Å². The average molecular weight is 255 g/mol. The van der Waals surface area contributed by atoms with Crippen molar-refractivity contribution in [2.24, 2.45) is 0 Å². The van der Waals surface area contributed by atoms with E-state index in [1.807, 2.05) is 0 Å². The number of carbonyl (C=O) groups excluding carboxylic acids is 1. The van der Waals surface area contributed by atoms with Crippen LogP contribution in [0.1, 0.15) is 12.5 Å². The number of carboxylic acid groups (broad SMARTS) is 1. The van der Waals surface area contributed by atoms with E-state index in [0.29, 0.717) is 11.3 Å². The van der Waals surface area contributed by atoms with Gasteiger partial charge in [0.05, 0.1) is 13.5 Å². The summed E-state index contributed by atoms with van der Waals surface area (Å²) in [5, 5.41) is 10.9. The van der Waals surface area contributed by atoms with Crippen LogP contribution in [0.15, 0.2) is 18.2 Å². The van der Waals surface area contributed by atoms with Crippen molar-refractivity contribution in [3.63, 3.8) is 0 Å². The fourth-order valence-corrected chi connectivity index (χ4v) is 1.41. The summed E-state index contributed by atoms with van der Waals surface area (Å²) in [4.78, 5) is 22.1. The molecule has 0 saturated carbocycles. The van der Waals surface area contributed by atoms with Gasteiger partial charge in [-0.15, -0.1) is 0 Å². The summed E-state index contributed by atoms with van der Waals surface area (Å²) < 4.78 is 18.0. The normalized spacial score (nSPS) is 11.7. The summed E-state index contributed by atoms with van der Waals surface area (Å²) >= 11 is 0. The zero-order chi connectivity index (χ0) is 13.7. The first kappa shape index (κ1) is 14.0. The standard InChI is InChI=1S/C12H14FNO4/c1-7(12(16)17)14-11(15)6-8-5-9(13)3-4-10(8)18-2/h3-5,7H,6H2,1-2H3,(H,14,15)(H,16,17). The summed E-state index contributed by atoms with van der Waals surface area (Å²) in [6.07, 6.45) is -0.140. The molecule has 1 atom stereocenters. The van der Waals surface area contributed by atoms with E-state index in [0.717, 1.165) is 0 Å².